The summed E-state index contributed by atoms with van der Waals surface area (Å²) in [5.74, 6) is 0. The number of hydrogen-bond donors (Lipinski definition) is 1. The van der Waals surface area contributed by atoms with Crippen LogP contribution < -0.4 is 9.62 Å². The van der Waals surface area contributed by atoms with Crippen molar-refractivity contribution in [1.29, 1.82) is 0 Å². The van der Waals surface area contributed by atoms with E-state index in [9.17, 15) is 8.42 Å². The monoisotopic (exact) mass is 426 g/mol. The Morgan fingerprint density at radius 1 is 0.931 bits per heavy atom. The third-order valence-electron chi connectivity index (χ3n) is 5.30. The quantitative estimate of drug-likeness (QED) is 0.606. The van der Waals surface area contributed by atoms with Gasteiger partial charge in [-0.1, -0.05) is 54.1 Å². The number of halogens is 1. The Hall–Kier alpha value is -2.34. The van der Waals surface area contributed by atoms with E-state index in [1.165, 1.54) is 0 Å². The van der Waals surface area contributed by atoms with Gasteiger partial charge in [-0.2, -0.15) is 0 Å². The minimum absolute atomic E-state index is 0.159. The van der Waals surface area contributed by atoms with Gasteiger partial charge in [-0.25, -0.2) is 13.1 Å². The molecule has 1 atom stereocenters. The van der Waals surface area contributed by atoms with Gasteiger partial charge in [0.2, 0.25) is 10.0 Å². The molecule has 1 unspecified atom stereocenters. The molecule has 4 rings (SSSR count). The summed E-state index contributed by atoms with van der Waals surface area (Å²) in [6.45, 7) is 1.34. The number of nitrogens with one attached hydrogen (secondary N) is 1. The molecule has 0 bridgehead atoms. The number of sulfonamides is 1. The summed E-state index contributed by atoms with van der Waals surface area (Å²) in [5.41, 5.74) is 2.91. The number of para-hydroxylation sites is 1. The lowest BCUT2D eigenvalue weighted by Crippen LogP contribution is -2.40. The van der Waals surface area contributed by atoms with Crippen molar-refractivity contribution >= 4 is 27.3 Å². The van der Waals surface area contributed by atoms with Crippen LogP contribution in [0.1, 0.15) is 12.8 Å². The van der Waals surface area contributed by atoms with Gasteiger partial charge < -0.3 is 4.90 Å². The van der Waals surface area contributed by atoms with Crippen LogP contribution in [0, 0.1) is 0 Å². The van der Waals surface area contributed by atoms with Crippen LogP contribution in [0.4, 0.5) is 5.69 Å². The molecule has 1 fully saturated rings. The fourth-order valence-electron chi connectivity index (χ4n) is 3.78. The summed E-state index contributed by atoms with van der Waals surface area (Å²) < 4.78 is 28.7. The minimum atomic E-state index is -3.59. The zero-order valence-electron chi connectivity index (χ0n) is 16.0. The van der Waals surface area contributed by atoms with E-state index in [0.29, 0.717) is 11.6 Å². The van der Waals surface area contributed by atoms with E-state index in [-0.39, 0.29) is 10.9 Å². The molecule has 0 aliphatic carbocycles. The van der Waals surface area contributed by atoms with Gasteiger partial charge in [0.15, 0.2) is 0 Å². The molecule has 29 heavy (non-hydrogen) atoms. The van der Waals surface area contributed by atoms with Crippen molar-refractivity contribution in [2.45, 2.75) is 23.8 Å². The molecule has 3 aromatic rings. The smallest absolute Gasteiger partial charge is 0.240 e. The maximum absolute atomic E-state index is 12.9. The number of hydrogen-bond acceptors (Lipinski definition) is 3. The maximum Gasteiger partial charge on any atom is 0.240 e. The van der Waals surface area contributed by atoms with Gasteiger partial charge in [0.05, 0.1) is 4.90 Å². The predicted molar refractivity (Wildman–Crippen MR) is 119 cm³/mol. The second kappa shape index (κ2) is 8.57. The number of rotatable bonds is 6. The van der Waals surface area contributed by atoms with Crippen molar-refractivity contribution in [3.05, 3.63) is 83.9 Å². The van der Waals surface area contributed by atoms with Crippen LogP contribution in [-0.2, 0) is 10.0 Å². The van der Waals surface area contributed by atoms with Gasteiger partial charge in [-0.15, -0.1) is 0 Å². The highest BCUT2D eigenvalue weighted by atomic mass is 35.5. The molecule has 4 nitrogen and oxygen atoms in total. The summed E-state index contributed by atoms with van der Waals surface area (Å²) in [4.78, 5) is 2.56. The summed E-state index contributed by atoms with van der Waals surface area (Å²) in [6, 6.07) is 24.7. The third kappa shape index (κ3) is 4.64. The fourth-order valence-corrected chi connectivity index (χ4v) is 5.03. The van der Waals surface area contributed by atoms with Crippen molar-refractivity contribution in [3.63, 3.8) is 0 Å². The molecule has 0 amide bonds. The van der Waals surface area contributed by atoms with Crippen LogP contribution in [0.5, 0.6) is 0 Å². The first-order chi connectivity index (χ1) is 14.0. The first-order valence-corrected chi connectivity index (χ1v) is 11.6. The molecule has 1 N–H and O–H groups in total. The maximum atomic E-state index is 12.9. The number of anilines is 1. The molecular weight excluding hydrogens is 404 g/mol. The van der Waals surface area contributed by atoms with Crippen molar-refractivity contribution in [2.75, 3.05) is 18.0 Å². The van der Waals surface area contributed by atoms with Crippen LogP contribution in [0.15, 0.2) is 83.8 Å². The zero-order chi connectivity index (χ0) is 20.3. The van der Waals surface area contributed by atoms with Crippen LogP contribution in [0.3, 0.4) is 0 Å². The Bertz CT molecular complexity index is 1070. The molecule has 3 aromatic carbocycles. The molecule has 0 aromatic heterocycles. The molecule has 0 saturated carbocycles. The SMILES string of the molecule is O=S(=O)(NCC1CCCN1c1ccccc1)c1cccc(-c2ccc(Cl)cc2)c1. The average molecular weight is 427 g/mol. The lowest BCUT2D eigenvalue weighted by molar-refractivity contribution is 0.567. The van der Waals surface area contributed by atoms with Gasteiger partial charge in [-0.05, 0) is 60.4 Å². The fraction of sp³-hybridized carbons (Fsp3) is 0.217. The molecule has 1 heterocycles. The molecule has 0 radical (unpaired) electrons. The van der Waals surface area contributed by atoms with E-state index in [1.54, 1.807) is 30.3 Å². The Kier molecular flexibility index (Phi) is 5.90. The highest BCUT2D eigenvalue weighted by Gasteiger charge is 2.26. The second-order valence-corrected chi connectivity index (χ2v) is 9.42. The summed E-state index contributed by atoms with van der Waals surface area (Å²) in [6.07, 6.45) is 2.04. The lowest BCUT2D eigenvalue weighted by Gasteiger charge is -2.27. The lowest BCUT2D eigenvalue weighted by atomic mass is 10.1. The van der Waals surface area contributed by atoms with E-state index in [4.69, 9.17) is 11.6 Å². The number of nitrogens with zero attached hydrogens (tertiary/aromatic N) is 1. The van der Waals surface area contributed by atoms with E-state index in [2.05, 4.69) is 21.8 Å². The van der Waals surface area contributed by atoms with E-state index >= 15 is 0 Å². The van der Waals surface area contributed by atoms with Crippen molar-refractivity contribution in [3.8, 4) is 11.1 Å². The molecule has 150 valence electrons. The van der Waals surface area contributed by atoms with Gasteiger partial charge >= 0.3 is 0 Å². The minimum Gasteiger partial charge on any atom is -0.367 e. The van der Waals surface area contributed by atoms with Crippen LogP contribution in [0.25, 0.3) is 11.1 Å². The first kappa shape index (κ1) is 20.0. The van der Waals surface area contributed by atoms with Crippen LogP contribution in [0.2, 0.25) is 5.02 Å². The molecule has 6 heteroatoms. The molecule has 1 aliphatic heterocycles. The van der Waals surface area contributed by atoms with E-state index in [1.807, 2.05) is 36.4 Å². The second-order valence-electron chi connectivity index (χ2n) is 7.21. The molecular formula is C23H23ClN2O2S. The van der Waals surface area contributed by atoms with Gasteiger partial charge in [-0.3, -0.25) is 0 Å². The summed E-state index contributed by atoms with van der Waals surface area (Å²) >= 11 is 5.95. The van der Waals surface area contributed by atoms with Crippen molar-refractivity contribution < 1.29 is 8.42 Å². The van der Waals surface area contributed by atoms with E-state index in [0.717, 1.165) is 36.2 Å². The Morgan fingerprint density at radius 2 is 1.69 bits per heavy atom. The zero-order valence-corrected chi connectivity index (χ0v) is 17.5. The third-order valence-corrected chi connectivity index (χ3v) is 6.97. The molecule has 1 aliphatic rings. The Balaban J connectivity index is 1.49. The molecule has 1 saturated heterocycles. The van der Waals surface area contributed by atoms with Crippen molar-refractivity contribution in [2.24, 2.45) is 0 Å². The van der Waals surface area contributed by atoms with Crippen LogP contribution in [-0.4, -0.2) is 27.5 Å². The predicted octanol–water partition coefficient (Wildman–Crippen LogP) is 4.95. The standard InChI is InChI=1S/C23H23ClN2O2S/c24-20-13-11-18(12-14-20)19-6-4-10-23(16-19)29(27,28)25-17-22-9-5-15-26(22)21-7-2-1-3-8-21/h1-4,6-8,10-14,16,22,25H,5,9,15,17H2. The normalized spacial score (nSPS) is 16.9. The van der Waals surface area contributed by atoms with E-state index < -0.39 is 10.0 Å². The van der Waals surface area contributed by atoms with Gasteiger partial charge in [0.1, 0.15) is 0 Å². The Labute approximate surface area is 177 Å². The summed E-state index contributed by atoms with van der Waals surface area (Å²) in [5, 5.41) is 0.652. The Morgan fingerprint density at radius 3 is 2.45 bits per heavy atom. The van der Waals surface area contributed by atoms with Crippen LogP contribution >= 0.6 is 11.6 Å². The summed E-state index contributed by atoms with van der Waals surface area (Å²) in [7, 11) is -3.59. The highest BCUT2D eigenvalue weighted by Crippen LogP contribution is 2.26. The van der Waals surface area contributed by atoms with Gasteiger partial charge in [0.25, 0.3) is 0 Å². The largest absolute Gasteiger partial charge is 0.367 e. The van der Waals surface area contributed by atoms with Gasteiger partial charge in [0, 0.05) is 29.8 Å². The number of benzene rings is 3. The first-order valence-electron chi connectivity index (χ1n) is 9.70. The highest BCUT2D eigenvalue weighted by molar-refractivity contribution is 7.89. The van der Waals surface area contributed by atoms with Crippen molar-refractivity contribution in [1.82, 2.24) is 4.72 Å². The molecule has 0 spiro atoms. The topological polar surface area (TPSA) is 49.4 Å². The average Bonchev–Trinajstić information content (AvgIpc) is 3.22.